The zero-order valence-corrected chi connectivity index (χ0v) is 17.9. The maximum atomic E-state index is 12.4. The molecule has 152 valence electrons. The zero-order valence-electron chi connectivity index (χ0n) is 16.3. The number of carbonyl (C=O) groups excluding carboxylic acids is 1. The van der Waals surface area contributed by atoms with Gasteiger partial charge in [-0.05, 0) is 19.1 Å². The smallest absolute Gasteiger partial charge is 0.284 e. The minimum atomic E-state index is -0.506. The molecule has 0 spiro atoms. The van der Waals surface area contributed by atoms with Gasteiger partial charge in [0, 0.05) is 28.1 Å². The van der Waals surface area contributed by atoms with Crippen LogP contribution in [-0.4, -0.2) is 26.0 Å². The van der Waals surface area contributed by atoms with Crippen molar-refractivity contribution in [1.82, 2.24) is 20.4 Å². The predicted octanol–water partition coefficient (Wildman–Crippen LogP) is 4.12. The van der Waals surface area contributed by atoms with Gasteiger partial charge in [-0.25, -0.2) is 4.98 Å². The molecule has 9 nitrogen and oxygen atoms in total. The molecule has 0 atom stereocenters. The summed E-state index contributed by atoms with van der Waals surface area (Å²) in [6.07, 6.45) is 0. The molecule has 0 aliphatic heterocycles. The maximum absolute atomic E-state index is 12.4. The number of nitro benzene ring substituents is 1. The Bertz CT molecular complexity index is 1050. The van der Waals surface area contributed by atoms with E-state index in [1.165, 1.54) is 29.2 Å². The Morgan fingerprint density at radius 2 is 2.10 bits per heavy atom. The first-order valence-corrected chi connectivity index (χ1v) is 10.3. The lowest BCUT2D eigenvalue weighted by Crippen LogP contribution is -2.23. The average Bonchev–Trinajstić information content (AvgIpc) is 3.28. The topological polar surface area (TPSA) is 124 Å². The number of nitrogens with one attached hydrogen (secondary N) is 1. The highest BCUT2D eigenvalue weighted by Gasteiger charge is 2.23. The lowest BCUT2D eigenvalue weighted by atomic mass is 9.97. The van der Waals surface area contributed by atoms with E-state index in [0.29, 0.717) is 21.0 Å². The van der Waals surface area contributed by atoms with E-state index in [0.717, 1.165) is 5.69 Å². The van der Waals surface area contributed by atoms with Crippen LogP contribution in [0.5, 0.6) is 0 Å². The lowest BCUT2D eigenvalue weighted by Gasteiger charge is -2.10. The number of nitrogens with zero attached hydrogens (tertiary/aromatic N) is 4. The molecule has 1 aromatic carbocycles. The number of amides is 1. The standard InChI is InChI=1S/C18H19N5O4S2/c1-10-9-28-17(20-10)29-13-6-5-11(7-12(13)23(25)26)15(24)19-8-14-21-16(27-22-14)18(2,3)4/h5-7,9H,8H2,1-4H3,(H,19,24). The zero-order chi connectivity index (χ0) is 21.2. The highest BCUT2D eigenvalue weighted by Crippen LogP contribution is 2.36. The summed E-state index contributed by atoms with van der Waals surface area (Å²) < 4.78 is 5.89. The van der Waals surface area contributed by atoms with Gasteiger partial charge < -0.3 is 9.84 Å². The van der Waals surface area contributed by atoms with Gasteiger partial charge in [-0.3, -0.25) is 14.9 Å². The maximum Gasteiger partial charge on any atom is 0.284 e. The second-order valence-electron chi connectivity index (χ2n) is 7.24. The molecule has 0 radical (unpaired) electrons. The van der Waals surface area contributed by atoms with Crippen LogP contribution in [0.4, 0.5) is 5.69 Å². The normalized spacial score (nSPS) is 11.4. The Labute approximate surface area is 175 Å². The summed E-state index contributed by atoms with van der Waals surface area (Å²) in [5, 5.41) is 19.8. The Morgan fingerprint density at radius 1 is 1.34 bits per heavy atom. The molecule has 1 amide bonds. The first kappa shape index (κ1) is 20.9. The molecule has 0 aliphatic carbocycles. The fourth-order valence-corrected chi connectivity index (χ4v) is 4.13. The van der Waals surface area contributed by atoms with Crippen LogP contribution in [0.3, 0.4) is 0 Å². The van der Waals surface area contributed by atoms with Crippen LogP contribution in [0.25, 0.3) is 0 Å². The summed E-state index contributed by atoms with van der Waals surface area (Å²) in [6, 6.07) is 4.36. The summed E-state index contributed by atoms with van der Waals surface area (Å²) in [5.74, 6) is 0.345. The van der Waals surface area contributed by atoms with Gasteiger partial charge in [-0.1, -0.05) is 37.7 Å². The van der Waals surface area contributed by atoms with Crippen LogP contribution in [0, 0.1) is 17.0 Å². The molecule has 0 bridgehead atoms. The second kappa shape index (κ2) is 8.29. The van der Waals surface area contributed by atoms with Gasteiger partial charge in [0.2, 0.25) is 5.89 Å². The molecule has 3 aromatic rings. The van der Waals surface area contributed by atoms with Crippen LogP contribution in [0.2, 0.25) is 0 Å². The van der Waals surface area contributed by atoms with Gasteiger partial charge in [0.25, 0.3) is 11.6 Å². The number of aryl methyl sites for hydroxylation is 1. The van der Waals surface area contributed by atoms with E-state index >= 15 is 0 Å². The number of benzene rings is 1. The van der Waals surface area contributed by atoms with Crippen LogP contribution in [0.1, 0.15) is 48.5 Å². The van der Waals surface area contributed by atoms with E-state index in [9.17, 15) is 14.9 Å². The highest BCUT2D eigenvalue weighted by atomic mass is 32.2. The Morgan fingerprint density at radius 3 is 2.69 bits per heavy atom. The number of rotatable bonds is 6. The van der Waals surface area contributed by atoms with Crippen LogP contribution in [-0.2, 0) is 12.0 Å². The summed E-state index contributed by atoms with van der Waals surface area (Å²) in [5.41, 5.74) is 0.590. The lowest BCUT2D eigenvalue weighted by molar-refractivity contribution is -0.387. The average molecular weight is 434 g/mol. The van der Waals surface area contributed by atoms with Crippen molar-refractivity contribution in [2.75, 3.05) is 0 Å². The summed E-state index contributed by atoms with van der Waals surface area (Å²) in [4.78, 5) is 32.4. The molecule has 1 N–H and O–H groups in total. The SMILES string of the molecule is Cc1csc(Sc2ccc(C(=O)NCc3noc(C(C)(C)C)n3)cc2[N+](=O)[O-])n1. The molecule has 0 unspecified atom stereocenters. The van der Waals surface area contributed by atoms with E-state index in [1.807, 2.05) is 33.1 Å². The fourth-order valence-electron chi connectivity index (χ4n) is 2.25. The molecule has 0 saturated carbocycles. The van der Waals surface area contributed by atoms with Crippen molar-refractivity contribution in [3.05, 3.63) is 56.7 Å². The summed E-state index contributed by atoms with van der Waals surface area (Å²) in [7, 11) is 0. The van der Waals surface area contributed by atoms with Crippen LogP contribution < -0.4 is 5.32 Å². The van der Waals surface area contributed by atoms with Gasteiger partial charge >= 0.3 is 0 Å². The molecule has 29 heavy (non-hydrogen) atoms. The number of nitro groups is 1. The van der Waals surface area contributed by atoms with E-state index in [2.05, 4.69) is 20.4 Å². The fraction of sp³-hybridized carbons (Fsp3) is 0.333. The molecule has 11 heteroatoms. The molecular weight excluding hydrogens is 414 g/mol. The minimum Gasteiger partial charge on any atom is -0.345 e. The minimum absolute atomic E-state index is 0.0567. The third kappa shape index (κ3) is 5.18. The number of aromatic nitrogens is 3. The largest absolute Gasteiger partial charge is 0.345 e. The van der Waals surface area contributed by atoms with Crippen molar-refractivity contribution < 1.29 is 14.2 Å². The van der Waals surface area contributed by atoms with Crippen LogP contribution >= 0.6 is 23.1 Å². The van der Waals surface area contributed by atoms with Gasteiger partial charge in [-0.15, -0.1) is 11.3 Å². The van der Waals surface area contributed by atoms with Gasteiger partial charge in [0.05, 0.1) is 16.4 Å². The molecule has 2 aromatic heterocycles. The van der Waals surface area contributed by atoms with E-state index in [-0.39, 0.29) is 23.2 Å². The number of hydrogen-bond acceptors (Lipinski definition) is 9. The van der Waals surface area contributed by atoms with E-state index in [4.69, 9.17) is 4.52 Å². The monoisotopic (exact) mass is 433 g/mol. The Balaban J connectivity index is 1.72. The number of thiazole rings is 1. The molecule has 0 fully saturated rings. The molecule has 3 rings (SSSR count). The van der Waals surface area contributed by atoms with Crippen molar-refractivity contribution in [2.24, 2.45) is 0 Å². The van der Waals surface area contributed by atoms with Crippen molar-refractivity contribution in [3.8, 4) is 0 Å². The molecule has 0 saturated heterocycles. The molecule has 2 heterocycles. The Kier molecular flexibility index (Phi) is 5.99. The van der Waals surface area contributed by atoms with Gasteiger partial charge in [0.15, 0.2) is 10.2 Å². The first-order chi connectivity index (χ1) is 13.6. The number of hydrogen-bond donors (Lipinski definition) is 1. The number of carbonyl (C=O) groups is 1. The third-order valence-corrected chi connectivity index (χ3v) is 5.85. The van der Waals surface area contributed by atoms with Gasteiger partial charge in [0.1, 0.15) is 0 Å². The summed E-state index contributed by atoms with van der Waals surface area (Å²) >= 11 is 2.61. The molecule has 0 aliphatic rings. The van der Waals surface area contributed by atoms with Crippen molar-refractivity contribution in [3.63, 3.8) is 0 Å². The van der Waals surface area contributed by atoms with Crippen molar-refractivity contribution in [2.45, 2.75) is 48.9 Å². The summed E-state index contributed by atoms with van der Waals surface area (Å²) in [6.45, 7) is 7.73. The van der Waals surface area contributed by atoms with E-state index < -0.39 is 10.8 Å². The third-order valence-electron chi connectivity index (χ3n) is 3.73. The van der Waals surface area contributed by atoms with Crippen molar-refractivity contribution >= 4 is 34.7 Å². The second-order valence-corrected chi connectivity index (χ2v) is 9.39. The van der Waals surface area contributed by atoms with Gasteiger partial charge in [-0.2, -0.15) is 4.98 Å². The Hall–Kier alpha value is -2.79. The van der Waals surface area contributed by atoms with Crippen LogP contribution in [0.15, 0.2) is 37.3 Å². The first-order valence-electron chi connectivity index (χ1n) is 8.63. The van der Waals surface area contributed by atoms with Crippen molar-refractivity contribution in [1.29, 1.82) is 0 Å². The predicted molar refractivity (Wildman–Crippen MR) is 108 cm³/mol. The highest BCUT2D eigenvalue weighted by molar-refractivity contribution is 8.01. The molecular formula is C18H19N5O4S2. The van der Waals surface area contributed by atoms with E-state index in [1.54, 1.807) is 12.1 Å². The quantitative estimate of drug-likeness (QED) is 0.455.